The summed E-state index contributed by atoms with van der Waals surface area (Å²) in [4.78, 5) is 4.16. The van der Waals surface area contributed by atoms with Gasteiger partial charge in [0.05, 0.1) is 19.8 Å². The van der Waals surface area contributed by atoms with E-state index in [1.807, 2.05) is 29.8 Å². The van der Waals surface area contributed by atoms with E-state index in [9.17, 15) is 5.11 Å². The molecule has 0 bridgehead atoms. The van der Waals surface area contributed by atoms with E-state index in [2.05, 4.69) is 4.98 Å². The molecule has 5 nitrogen and oxygen atoms in total. The van der Waals surface area contributed by atoms with Crippen LogP contribution in [0.5, 0.6) is 11.5 Å². The van der Waals surface area contributed by atoms with Gasteiger partial charge in [0.25, 0.3) is 0 Å². The Bertz CT molecular complexity index is 564. The zero-order valence-corrected chi connectivity index (χ0v) is 12.0. The number of aliphatic hydroxyl groups is 1. The van der Waals surface area contributed by atoms with Crippen molar-refractivity contribution in [3.05, 3.63) is 42.0 Å². The Balaban J connectivity index is 2.05. The fourth-order valence-electron chi connectivity index (χ4n) is 2.01. The second-order valence-corrected chi connectivity index (χ2v) is 4.60. The summed E-state index contributed by atoms with van der Waals surface area (Å²) in [5.41, 5.74) is 0.758. The van der Waals surface area contributed by atoms with Gasteiger partial charge < -0.3 is 19.1 Å². The second kappa shape index (κ2) is 6.43. The van der Waals surface area contributed by atoms with E-state index in [1.54, 1.807) is 26.3 Å². The van der Waals surface area contributed by atoms with Gasteiger partial charge in [-0.3, -0.25) is 0 Å². The van der Waals surface area contributed by atoms with Crippen molar-refractivity contribution in [1.29, 1.82) is 0 Å². The molecule has 0 aliphatic rings. The van der Waals surface area contributed by atoms with Crippen LogP contribution in [0.25, 0.3) is 0 Å². The highest BCUT2D eigenvalue weighted by Gasteiger charge is 2.10. The molecule has 0 radical (unpaired) electrons. The van der Waals surface area contributed by atoms with Crippen LogP contribution in [0.1, 0.15) is 24.4 Å². The summed E-state index contributed by atoms with van der Waals surface area (Å²) < 4.78 is 13.0. The van der Waals surface area contributed by atoms with Crippen LogP contribution >= 0.6 is 0 Å². The minimum absolute atomic E-state index is 0.504. The number of benzene rings is 1. The number of aliphatic hydroxyl groups excluding tert-OH is 1. The summed E-state index contributed by atoms with van der Waals surface area (Å²) in [6.45, 7) is 4.88. The molecule has 1 aromatic carbocycles. The maximum atomic E-state index is 9.76. The van der Waals surface area contributed by atoms with Gasteiger partial charge in [-0.1, -0.05) is 0 Å². The molecule has 0 saturated carbocycles. The van der Waals surface area contributed by atoms with Gasteiger partial charge in [0.1, 0.15) is 23.9 Å². The molecule has 0 aliphatic heterocycles. The molecule has 0 saturated heterocycles. The molecule has 2 rings (SSSR count). The van der Waals surface area contributed by atoms with Crippen LogP contribution in [0.15, 0.2) is 30.6 Å². The molecule has 1 N–H and O–H groups in total. The Labute approximate surface area is 118 Å². The fraction of sp³-hybridized carbons (Fsp3) is 0.400. The number of aryl methyl sites for hydroxylation is 1. The van der Waals surface area contributed by atoms with Crippen molar-refractivity contribution in [3.8, 4) is 11.5 Å². The number of imidazole rings is 1. The van der Waals surface area contributed by atoms with E-state index in [1.165, 1.54) is 0 Å². The zero-order valence-electron chi connectivity index (χ0n) is 12.0. The number of aromatic nitrogens is 2. The van der Waals surface area contributed by atoms with Gasteiger partial charge in [-0.25, -0.2) is 4.98 Å². The van der Waals surface area contributed by atoms with Gasteiger partial charge in [0.2, 0.25) is 0 Å². The molecule has 0 fully saturated rings. The molecular weight excluding hydrogens is 256 g/mol. The predicted octanol–water partition coefficient (Wildman–Crippen LogP) is 2.33. The van der Waals surface area contributed by atoms with Crippen LogP contribution < -0.4 is 9.47 Å². The summed E-state index contributed by atoms with van der Waals surface area (Å²) >= 11 is 0. The first-order valence-electron chi connectivity index (χ1n) is 6.58. The molecule has 0 amide bonds. The molecule has 0 spiro atoms. The van der Waals surface area contributed by atoms with E-state index in [-0.39, 0.29) is 0 Å². The number of hydrogen-bond donors (Lipinski definition) is 1. The molecule has 1 heterocycles. The lowest BCUT2D eigenvalue weighted by atomic mass is 10.1. The minimum Gasteiger partial charge on any atom is -0.497 e. The first-order valence-corrected chi connectivity index (χ1v) is 6.58. The standard InChI is InChI=1S/C15H20N2O3/c1-11(18)14-5-4-13(19-3)10-15(14)20-9-8-17-7-6-16-12(17)2/h4-7,10-11,18H,8-9H2,1-3H3. The molecule has 108 valence electrons. The average Bonchev–Trinajstić information content (AvgIpc) is 2.84. The topological polar surface area (TPSA) is 56.5 Å². The van der Waals surface area contributed by atoms with E-state index < -0.39 is 6.10 Å². The molecule has 20 heavy (non-hydrogen) atoms. The van der Waals surface area contributed by atoms with Crippen LogP contribution in [0, 0.1) is 6.92 Å². The van der Waals surface area contributed by atoms with Crippen molar-refractivity contribution in [2.45, 2.75) is 26.5 Å². The van der Waals surface area contributed by atoms with Crippen molar-refractivity contribution in [3.63, 3.8) is 0 Å². The van der Waals surface area contributed by atoms with Crippen LogP contribution in [0.3, 0.4) is 0 Å². The first kappa shape index (κ1) is 14.4. The summed E-state index contributed by atoms with van der Waals surface area (Å²) in [5.74, 6) is 2.32. The third kappa shape index (κ3) is 3.30. The van der Waals surface area contributed by atoms with Gasteiger partial charge in [-0.2, -0.15) is 0 Å². The Hall–Kier alpha value is -2.01. The molecule has 1 aromatic heterocycles. The lowest BCUT2D eigenvalue weighted by molar-refractivity contribution is 0.190. The monoisotopic (exact) mass is 276 g/mol. The highest BCUT2D eigenvalue weighted by Crippen LogP contribution is 2.29. The summed E-state index contributed by atoms with van der Waals surface area (Å²) in [5, 5.41) is 9.76. The summed E-state index contributed by atoms with van der Waals surface area (Å²) in [6, 6.07) is 5.43. The third-order valence-corrected chi connectivity index (χ3v) is 3.18. The summed E-state index contributed by atoms with van der Waals surface area (Å²) in [7, 11) is 1.61. The van der Waals surface area contributed by atoms with Gasteiger partial charge >= 0.3 is 0 Å². The predicted molar refractivity (Wildman–Crippen MR) is 76.1 cm³/mol. The Kier molecular flexibility index (Phi) is 4.63. The van der Waals surface area contributed by atoms with Crippen LogP contribution in [-0.2, 0) is 6.54 Å². The van der Waals surface area contributed by atoms with Gasteiger partial charge in [0.15, 0.2) is 0 Å². The van der Waals surface area contributed by atoms with Gasteiger partial charge in [-0.15, -0.1) is 0 Å². The molecule has 5 heteroatoms. The maximum Gasteiger partial charge on any atom is 0.128 e. The quantitative estimate of drug-likeness (QED) is 0.879. The van der Waals surface area contributed by atoms with Crippen molar-refractivity contribution >= 4 is 0 Å². The second-order valence-electron chi connectivity index (χ2n) is 4.60. The Morgan fingerprint density at radius 3 is 2.80 bits per heavy atom. The Morgan fingerprint density at radius 1 is 1.40 bits per heavy atom. The number of rotatable bonds is 6. The molecule has 1 unspecified atom stereocenters. The molecular formula is C15H20N2O3. The molecule has 2 aromatic rings. The van der Waals surface area contributed by atoms with Crippen molar-refractivity contribution < 1.29 is 14.6 Å². The third-order valence-electron chi connectivity index (χ3n) is 3.18. The zero-order chi connectivity index (χ0) is 14.5. The highest BCUT2D eigenvalue weighted by molar-refractivity contribution is 5.41. The normalized spacial score (nSPS) is 12.2. The van der Waals surface area contributed by atoms with Crippen molar-refractivity contribution in [2.75, 3.05) is 13.7 Å². The highest BCUT2D eigenvalue weighted by atomic mass is 16.5. The van der Waals surface area contributed by atoms with E-state index in [0.29, 0.717) is 24.7 Å². The number of ether oxygens (including phenoxy) is 2. The number of hydrogen-bond acceptors (Lipinski definition) is 4. The van der Waals surface area contributed by atoms with E-state index >= 15 is 0 Å². The van der Waals surface area contributed by atoms with Gasteiger partial charge in [0, 0.05) is 24.0 Å². The van der Waals surface area contributed by atoms with E-state index in [4.69, 9.17) is 9.47 Å². The fourth-order valence-corrected chi connectivity index (χ4v) is 2.01. The van der Waals surface area contributed by atoms with E-state index in [0.717, 1.165) is 11.4 Å². The lowest BCUT2D eigenvalue weighted by Crippen LogP contribution is -2.10. The first-order chi connectivity index (χ1) is 9.61. The van der Waals surface area contributed by atoms with Crippen molar-refractivity contribution in [2.24, 2.45) is 0 Å². The SMILES string of the molecule is COc1ccc(C(C)O)c(OCCn2ccnc2C)c1. The van der Waals surface area contributed by atoms with Gasteiger partial charge in [-0.05, 0) is 26.0 Å². The summed E-state index contributed by atoms with van der Waals surface area (Å²) in [6.07, 6.45) is 3.10. The van der Waals surface area contributed by atoms with Crippen LogP contribution in [-0.4, -0.2) is 28.4 Å². The average molecular weight is 276 g/mol. The van der Waals surface area contributed by atoms with Crippen LogP contribution in [0.4, 0.5) is 0 Å². The minimum atomic E-state index is -0.578. The maximum absolute atomic E-state index is 9.76. The van der Waals surface area contributed by atoms with Crippen LogP contribution in [0.2, 0.25) is 0 Å². The lowest BCUT2D eigenvalue weighted by Gasteiger charge is -2.15. The Morgan fingerprint density at radius 2 is 2.20 bits per heavy atom. The van der Waals surface area contributed by atoms with Crippen molar-refractivity contribution in [1.82, 2.24) is 9.55 Å². The molecule has 1 atom stereocenters. The smallest absolute Gasteiger partial charge is 0.128 e. The molecule has 0 aliphatic carbocycles. The number of methoxy groups -OCH3 is 1. The largest absolute Gasteiger partial charge is 0.497 e. The number of nitrogens with zero attached hydrogens (tertiary/aromatic N) is 2.